The molecule has 18 heavy (non-hydrogen) atoms. The Kier molecular flexibility index (Phi) is 4.24. The minimum atomic E-state index is 0.103. The van der Waals surface area contributed by atoms with Gasteiger partial charge in [0.05, 0.1) is 6.04 Å². The molecule has 0 aliphatic carbocycles. The predicted octanol–water partition coefficient (Wildman–Crippen LogP) is 2.08. The number of likely N-dealkylation sites (N-methyl/N-ethyl adjacent to an activating group) is 2. The van der Waals surface area contributed by atoms with Crippen molar-refractivity contribution in [3.63, 3.8) is 0 Å². The number of hydrogen-bond acceptors (Lipinski definition) is 2. The van der Waals surface area contributed by atoms with Gasteiger partial charge in [-0.25, -0.2) is 4.79 Å². The molecule has 1 unspecified atom stereocenters. The summed E-state index contributed by atoms with van der Waals surface area (Å²) in [5.74, 6) is 0. The number of nitrogens with zero attached hydrogens (tertiary/aromatic N) is 2. The highest BCUT2D eigenvalue weighted by molar-refractivity contribution is 9.10. The van der Waals surface area contributed by atoms with Gasteiger partial charge in [-0.05, 0) is 18.7 Å². The lowest BCUT2D eigenvalue weighted by molar-refractivity contribution is 0.196. The average molecular weight is 312 g/mol. The molecule has 1 aromatic carbocycles. The Morgan fingerprint density at radius 1 is 1.44 bits per heavy atom. The number of halogens is 1. The quantitative estimate of drug-likeness (QED) is 0.924. The van der Waals surface area contributed by atoms with Gasteiger partial charge in [-0.1, -0.05) is 34.1 Å². The fourth-order valence-electron chi connectivity index (χ4n) is 2.25. The second-order valence-corrected chi connectivity index (χ2v) is 5.33. The lowest BCUT2D eigenvalue weighted by atomic mass is 10.1. The van der Waals surface area contributed by atoms with Crippen LogP contribution in [-0.4, -0.2) is 49.6 Å². The fraction of sp³-hybridized carbons (Fsp3) is 0.462. The van der Waals surface area contributed by atoms with Gasteiger partial charge in [0.25, 0.3) is 0 Å². The molecule has 4 nitrogen and oxygen atoms in total. The van der Waals surface area contributed by atoms with Crippen LogP contribution in [0.2, 0.25) is 0 Å². The zero-order chi connectivity index (χ0) is 13.1. The fourth-order valence-corrected chi connectivity index (χ4v) is 2.80. The molecule has 0 bridgehead atoms. The van der Waals surface area contributed by atoms with E-state index in [1.807, 2.05) is 42.1 Å². The van der Waals surface area contributed by atoms with E-state index in [-0.39, 0.29) is 12.1 Å². The van der Waals surface area contributed by atoms with Gasteiger partial charge >= 0.3 is 6.03 Å². The molecule has 98 valence electrons. The van der Waals surface area contributed by atoms with Gasteiger partial charge in [0.2, 0.25) is 0 Å². The summed E-state index contributed by atoms with van der Waals surface area (Å²) in [6, 6.07) is 8.32. The Bertz CT molecular complexity index is 438. The maximum absolute atomic E-state index is 12.1. The van der Waals surface area contributed by atoms with Gasteiger partial charge in [-0.2, -0.15) is 0 Å². The van der Waals surface area contributed by atoms with Gasteiger partial charge in [0.1, 0.15) is 0 Å². The Balaban J connectivity index is 2.16. The van der Waals surface area contributed by atoms with Crippen molar-refractivity contribution in [3.8, 4) is 0 Å². The highest BCUT2D eigenvalue weighted by Gasteiger charge is 2.35. The predicted molar refractivity (Wildman–Crippen MR) is 75.5 cm³/mol. The van der Waals surface area contributed by atoms with Crippen molar-refractivity contribution >= 4 is 22.0 Å². The van der Waals surface area contributed by atoms with Crippen molar-refractivity contribution in [2.24, 2.45) is 0 Å². The second kappa shape index (κ2) is 5.71. The van der Waals surface area contributed by atoms with E-state index in [1.165, 1.54) is 5.56 Å². The summed E-state index contributed by atoms with van der Waals surface area (Å²) in [6.07, 6.45) is 0. The van der Waals surface area contributed by atoms with E-state index < -0.39 is 0 Å². The van der Waals surface area contributed by atoms with Crippen molar-refractivity contribution in [1.82, 2.24) is 15.1 Å². The Labute approximate surface area is 116 Å². The van der Waals surface area contributed by atoms with Crippen LogP contribution in [0.1, 0.15) is 11.6 Å². The Hall–Kier alpha value is -1.07. The first-order valence-corrected chi connectivity index (χ1v) is 6.85. The third kappa shape index (κ3) is 2.52. The topological polar surface area (TPSA) is 35.6 Å². The molecule has 5 heteroatoms. The lowest BCUT2D eigenvalue weighted by Gasteiger charge is -2.19. The van der Waals surface area contributed by atoms with Gasteiger partial charge in [-0.3, -0.25) is 0 Å². The maximum atomic E-state index is 12.1. The zero-order valence-corrected chi connectivity index (χ0v) is 12.3. The van der Waals surface area contributed by atoms with E-state index in [0.29, 0.717) is 0 Å². The maximum Gasteiger partial charge on any atom is 0.320 e. The van der Waals surface area contributed by atoms with Gasteiger partial charge in [-0.15, -0.1) is 0 Å². The molecule has 1 N–H and O–H groups in total. The summed E-state index contributed by atoms with van der Waals surface area (Å²) in [6.45, 7) is 2.32. The van der Waals surface area contributed by atoms with Crippen LogP contribution in [0.5, 0.6) is 0 Å². The summed E-state index contributed by atoms with van der Waals surface area (Å²) >= 11 is 3.56. The Morgan fingerprint density at radius 3 is 2.83 bits per heavy atom. The van der Waals surface area contributed by atoms with Crippen LogP contribution < -0.4 is 5.32 Å². The lowest BCUT2D eigenvalue weighted by Crippen LogP contribution is -2.34. The van der Waals surface area contributed by atoms with E-state index in [9.17, 15) is 4.79 Å². The van der Waals surface area contributed by atoms with E-state index >= 15 is 0 Å². The minimum Gasteiger partial charge on any atom is -0.321 e. The first-order chi connectivity index (χ1) is 8.65. The molecule has 0 aromatic heterocycles. The van der Waals surface area contributed by atoms with Crippen LogP contribution in [-0.2, 0) is 0 Å². The standard InChI is InChI=1S/C13H18BrN3O/c1-15-7-8-17-9-12(16(2)13(17)18)10-5-3-4-6-11(10)14/h3-6,12,15H,7-9H2,1-2H3. The molecule has 0 radical (unpaired) electrons. The monoisotopic (exact) mass is 311 g/mol. The second-order valence-electron chi connectivity index (χ2n) is 4.48. The number of amides is 2. The molecule has 1 aliphatic heterocycles. The van der Waals surface area contributed by atoms with Crippen LogP contribution in [0, 0.1) is 0 Å². The number of urea groups is 1. The first-order valence-electron chi connectivity index (χ1n) is 6.06. The van der Waals surface area contributed by atoms with Crippen LogP contribution >= 0.6 is 15.9 Å². The molecule has 1 heterocycles. The van der Waals surface area contributed by atoms with Crippen molar-refractivity contribution in [1.29, 1.82) is 0 Å². The summed E-state index contributed by atoms with van der Waals surface area (Å²) in [4.78, 5) is 15.8. The van der Waals surface area contributed by atoms with E-state index in [1.54, 1.807) is 0 Å². The van der Waals surface area contributed by atoms with Gasteiger partial charge < -0.3 is 15.1 Å². The normalized spacial score (nSPS) is 19.7. The van der Waals surface area contributed by atoms with Crippen molar-refractivity contribution in [2.45, 2.75) is 6.04 Å². The summed E-state index contributed by atoms with van der Waals surface area (Å²) in [5, 5.41) is 3.07. The third-order valence-electron chi connectivity index (χ3n) is 3.33. The highest BCUT2D eigenvalue weighted by Crippen LogP contribution is 2.32. The first kappa shape index (κ1) is 13.4. The third-order valence-corrected chi connectivity index (χ3v) is 4.05. The van der Waals surface area contributed by atoms with Crippen molar-refractivity contribution < 1.29 is 4.79 Å². The summed E-state index contributed by atoms with van der Waals surface area (Å²) in [7, 11) is 3.77. The minimum absolute atomic E-state index is 0.103. The van der Waals surface area contributed by atoms with E-state index in [0.717, 1.165) is 24.1 Å². The summed E-state index contributed by atoms with van der Waals surface area (Å²) < 4.78 is 1.06. The number of carbonyl (C=O) groups excluding carboxylic acids is 1. The van der Waals surface area contributed by atoms with Crippen LogP contribution in [0.4, 0.5) is 4.79 Å². The smallest absolute Gasteiger partial charge is 0.320 e. The van der Waals surface area contributed by atoms with Crippen molar-refractivity contribution in [2.75, 3.05) is 33.7 Å². The summed E-state index contributed by atoms with van der Waals surface area (Å²) in [5.41, 5.74) is 1.17. The largest absolute Gasteiger partial charge is 0.321 e. The van der Waals surface area contributed by atoms with Gasteiger partial charge in [0, 0.05) is 31.2 Å². The van der Waals surface area contributed by atoms with Crippen LogP contribution in [0.15, 0.2) is 28.7 Å². The molecule has 1 saturated heterocycles. The number of carbonyl (C=O) groups is 1. The van der Waals surface area contributed by atoms with Crippen molar-refractivity contribution in [3.05, 3.63) is 34.3 Å². The molecule has 1 aliphatic rings. The SMILES string of the molecule is CNCCN1CC(c2ccccc2Br)N(C)C1=O. The molecule has 1 atom stereocenters. The molecule has 0 saturated carbocycles. The Morgan fingerprint density at radius 2 is 2.17 bits per heavy atom. The van der Waals surface area contributed by atoms with Crippen LogP contribution in [0.3, 0.4) is 0 Å². The highest BCUT2D eigenvalue weighted by atomic mass is 79.9. The molecular weight excluding hydrogens is 294 g/mol. The number of nitrogens with one attached hydrogen (secondary N) is 1. The number of benzene rings is 1. The average Bonchev–Trinajstić information content (AvgIpc) is 2.65. The molecule has 1 aromatic rings. The molecule has 2 rings (SSSR count). The van der Waals surface area contributed by atoms with Gasteiger partial charge in [0.15, 0.2) is 0 Å². The number of rotatable bonds is 4. The number of hydrogen-bond donors (Lipinski definition) is 1. The van der Waals surface area contributed by atoms with Crippen LogP contribution in [0.25, 0.3) is 0 Å². The zero-order valence-electron chi connectivity index (χ0n) is 10.7. The molecule has 2 amide bonds. The van der Waals surface area contributed by atoms with E-state index in [4.69, 9.17) is 0 Å². The molecular formula is C13H18BrN3O. The van der Waals surface area contributed by atoms with E-state index in [2.05, 4.69) is 27.3 Å². The molecule has 1 fully saturated rings. The molecule has 0 spiro atoms.